The molecule has 0 N–H and O–H groups in total. The molecule has 0 unspecified atom stereocenters. The second-order valence-corrected chi connectivity index (χ2v) is 9.59. The van der Waals surface area contributed by atoms with Crippen molar-refractivity contribution in [2.24, 2.45) is 5.92 Å². The van der Waals surface area contributed by atoms with Crippen LogP contribution in [0.25, 0.3) is 0 Å². The Labute approximate surface area is 185 Å². The van der Waals surface area contributed by atoms with Crippen LogP contribution in [0.1, 0.15) is 52.9 Å². The van der Waals surface area contributed by atoms with E-state index in [-0.39, 0.29) is 12.0 Å². The van der Waals surface area contributed by atoms with Gasteiger partial charge in [-0.25, -0.2) is 0 Å². The number of furan rings is 1. The van der Waals surface area contributed by atoms with Crippen molar-refractivity contribution in [1.82, 2.24) is 9.80 Å². The largest absolute Gasteiger partial charge is 0.459 e. The molecule has 166 valence electrons. The smallest absolute Gasteiger partial charge is 0.289 e. The third-order valence-electron chi connectivity index (χ3n) is 7.47. The second-order valence-electron chi connectivity index (χ2n) is 9.59. The molecule has 0 radical (unpaired) electrons. The zero-order valence-electron chi connectivity index (χ0n) is 18.6. The number of likely N-dealkylation sites (tertiary alicyclic amines) is 1. The molecule has 2 aliphatic heterocycles. The van der Waals surface area contributed by atoms with Gasteiger partial charge >= 0.3 is 0 Å². The van der Waals surface area contributed by atoms with Crippen molar-refractivity contribution in [3.05, 3.63) is 59.0 Å². The zero-order chi connectivity index (χ0) is 21.2. The molecule has 1 atom stereocenters. The lowest BCUT2D eigenvalue weighted by Crippen LogP contribution is -2.46. The number of rotatable bonds is 6. The van der Waals surface area contributed by atoms with Gasteiger partial charge in [-0.3, -0.25) is 9.69 Å². The Balaban J connectivity index is 1.19. The number of amides is 1. The van der Waals surface area contributed by atoms with Crippen LogP contribution in [0.2, 0.25) is 0 Å². The van der Waals surface area contributed by atoms with Gasteiger partial charge in [-0.05, 0) is 81.6 Å². The SMILES string of the molecule is Cc1ccoc1C(=O)N(CC1CCN(C2Cc3ccccc3C2)CC1)C[C@H]1CCCO1. The molecule has 1 aliphatic carbocycles. The molecule has 2 aromatic rings. The number of hydrogen-bond acceptors (Lipinski definition) is 4. The summed E-state index contributed by atoms with van der Waals surface area (Å²) >= 11 is 0. The highest BCUT2D eigenvalue weighted by atomic mass is 16.5. The van der Waals surface area contributed by atoms with Gasteiger partial charge in [-0.15, -0.1) is 0 Å². The van der Waals surface area contributed by atoms with E-state index >= 15 is 0 Å². The number of piperidine rings is 1. The first-order valence-corrected chi connectivity index (χ1v) is 11.9. The first kappa shape index (κ1) is 20.8. The van der Waals surface area contributed by atoms with Gasteiger partial charge < -0.3 is 14.1 Å². The highest BCUT2D eigenvalue weighted by Gasteiger charge is 2.32. The summed E-state index contributed by atoms with van der Waals surface area (Å²) in [6.07, 6.45) is 8.58. The molecular weight excluding hydrogens is 388 g/mol. The van der Waals surface area contributed by atoms with Crippen molar-refractivity contribution >= 4 is 5.91 Å². The summed E-state index contributed by atoms with van der Waals surface area (Å²) in [5.74, 6) is 1.05. The Morgan fingerprint density at radius 3 is 2.42 bits per heavy atom. The average Bonchev–Trinajstić information content (AvgIpc) is 3.54. The summed E-state index contributed by atoms with van der Waals surface area (Å²) < 4.78 is 11.4. The molecule has 2 saturated heterocycles. The molecule has 3 heterocycles. The van der Waals surface area contributed by atoms with Crippen LogP contribution < -0.4 is 0 Å². The highest BCUT2D eigenvalue weighted by molar-refractivity contribution is 5.92. The van der Waals surface area contributed by atoms with Gasteiger partial charge in [0.25, 0.3) is 5.91 Å². The van der Waals surface area contributed by atoms with Crippen LogP contribution in [-0.2, 0) is 17.6 Å². The molecular formula is C26H34N2O3. The number of nitrogens with zero attached hydrogens (tertiary/aromatic N) is 2. The summed E-state index contributed by atoms with van der Waals surface area (Å²) in [4.78, 5) is 17.9. The zero-order valence-corrected chi connectivity index (χ0v) is 18.6. The summed E-state index contributed by atoms with van der Waals surface area (Å²) in [6.45, 7) is 6.50. The molecule has 5 rings (SSSR count). The molecule has 1 aromatic carbocycles. The molecule has 3 aliphatic rings. The van der Waals surface area contributed by atoms with Crippen molar-refractivity contribution in [3.8, 4) is 0 Å². The Kier molecular flexibility index (Phi) is 6.15. The number of benzene rings is 1. The fraction of sp³-hybridized carbons (Fsp3) is 0.577. The van der Waals surface area contributed by atoms with Gasteiger partial charge in [-0.2, -0.15) is 0 Å². The highest BCUT2D eigenvalue weighted by Crippen LogP contribution is 2.29. The van der Waals surface area contributed by atoms with E-state index < -0.39 is 0 Å². The standard InChI is InChI=1S/C26H34N2O3/c1-19-10-14-31-25(19)26(29)28(18-24-7-4-13-30-24)17-20-8-11-27(12-9-20)23-15-21-5-2-3-6-22(21)16-23/h2-3,5-6,10,14,20,23-24H,4,7-9,11-13,15-18H2,1H3/t24-/m1/s1. The molecule has 0 bridgehead atoms. The third kappa shape index (κ3) is 4.58. The van der Waals surface area contributed by atoms with Crippen LogP contribution in [0.3, 0.4) is 0 Å². The number of carbonyl (C=O) groups excluding carboxylic acids is 1. The number of aryl methyl sites for hydroxylation is 1. The lowest BCUT2D eigenvalue weighted by molar-refractivity contribution is 0.0408. The summed E-state index contributed by atoms with van der Waals surface area (Å²) in [5.41, 5.74) is 3.96. The van der Waals surface area contributed by atoms with Gasteiger partial charge in [-0.1, -0.05) is 24.3 Å². The normalized spacial score (nSPS) is 22.7. The first-order chi connectivity index (χ1) is 15.2. The Bertz CT molecular complexity index is 869. The van der Waals surface area contributed by atoms with Crippen LogP contribution in [0.5, 0.6) is 0 Å². The van der Waals surface area contributed by atoms with Crippen molar-refractivity contribution in [1.29, 1.82) is 0 Å². The fourth-order valence-electron chi connectivity index (χ4n) is 5.62. The Hall–Kier alpha value is -2.11. The van der Waals surface area contributed by atoms with Crippen LogP contribution in [0, 0.1) is 12.8 Å². The molecule has 1 amide bonds. The minimum Gasteiger partial charge on any atom is -0.459 e. The summed E-state index contributed by atoms with van der Waals surface area (Å²) in [7, 11) is 0. The van der Waals surface area contributed by atoms with Crippen LogP contribution in [-0.4, -0.2) is 60.6 Å². The van der Waals surface area contributed by atoms with E-state index in [0.717, 1.165) is 57.5 Å². The number of hydrogen-bond donors (Lipinski definition) is 0. The number of ether oxygens (including phenoxy) is 1. The maximum absolute atomic E-state index is 13.3. The molecule has 1 aromatic heterocycles. The van der Waals surface area contributed by atoms with Crippen LogP contribution in [0.4, 0.5) is 0 Å². The van der Waals surface area contributed by atoms with E-state index in [0.29, 0.717) is 24.3 Å². The van der Waals surface area contributed by atoms with E-state index in [9.17, 15) is 4.79 Å². The molecule has 0 spiro atoms. The lowest BCUT2D eigenvalue weighted by atomic mass is 9.94. The molecule has 0 saturated carbocycles. The van der Waals surface area contributed by atoms with Gasteiger partial charge in [0.1, 0.15) is 0 Å². The van der Waals surface area contributed by atoms with Gasteiger partial charge in [0.15, 0.2) is 5.76 Å². The summed E-state index contributed by atoms with van der Waals surface area (Å²) in [6, 6.07) is 11.4. The quantitative estimate of drug-likeness (QED) is 0.704. The topological polar surface area (TPSA) is 45.9 Å². The van der Waals surface area contributed by atoms with E-state index in [4.69, 9.17) is 9.15 Å². The predicted octanol–water partition coefficient (Wildman–Crippen LogP) is 4.09. The Morgan fingerprint density at radius 2 is 1.81 bits per heavy atom. The van der Waals surface area contributed by atoms with Crippen molar-refractivity contribution in [3.63, 3.8) is 0 Å². The fourth-order valence-corrected chi connectivity index (χ4v) is 5.62. The molecule has 31 heavy (non-hydrogen) atoms. The Morgan fingerprint density at radius 1 is 1.06 bits per heavy atom. The third-order valence-corrected chi connectivity index (χ3v) is 7.47. The van der Waals surface area contributed by atoms with Crippen LogP contribution in [0.15, 0.2) is 41.0 Å². The van der Waals surface area contributed by atoms with E-state index in [1.165, 1.54) is 24.0 Å². The van der Waals surface area contributed by atoms with E-state index in [2.05, 4.69) is 29.2 Å². The molecule has 2 fully saturated rings. The molecule has 5 heteroatoms. The van der Waals surface area contributed by atoms with Crippen LogP contribution >= 0.6 is 0 Å². The van der Waals surface area contributed by atoms with Gasteiger partial charge in [0, 0.05) is 31.3 Å². The maximum Gasteiger partial charge on any atom is 0.289 e. The summed E-state index contributed by atoms with van der Waals surface area (Å²) in [5, 5.41) is 0. The monoisotopic (exact) mass is 422 g/mol. The van der Waals surface area contributed by atoms with Crippen molar-refractivity contribution < 1.29 is 13.9 Å². The minimum absolute atomic E-state index is 0.0201. The van der Waals surface area contributed by atoms with E-state index in [1.807, 2.05) is 17.9 Å². The van der Waals surface area contributed by atoms with Gasteiger partial charge in [0.05, 0.1) is 12.4 Å². The van der Waals surface area contributed by atoms with E-state index in [1.54, 1.807) is 6.26 Å². The first-order valence-electron chi connectivity index (χ1n) is 11.9. The molecule has 5 nitrogen and oxygen atoms in total. The van der Waals surface area contributed by atoms with Crippen molar-refractivity contribution in [2.45, 2.75) is 57.6 Å². The lowest BCUT2D eigenvalue weighted by Gasteiger charge is -2.38. The minimum atomic E-state index is 0.0201. The van der Waals surface area contributed by atoms with Gasteiger partial charge in [0.2, 0.25) is 0 Å². The number of carbonyl (C=O) groups is 1. The second kappa shape index (κ2) is 9.17. The van der Waals surface area contributed by atoms with Crippen molar-refractivity contribution in [2.75, 3.05) is 32.8 Å². The number of fused-ring (bicyclic) bond motifs is 1. The maximum atomic E-state index is 13.3. The predicted molar refractivity (Wildman–Crippen MR) is 120 cm³/mol. The average molecular weight is 423 g/mol.